The second-order valence-corrected chi connectivity index (χ2v) is 5.26. The Hall–Kier alpha value is -2.70. The van der Waals surface area contributed by atoms with Crippen LogP contribution in [0.2, 0.25) is 10.0 Å². The normalized spacial score (nSPS) is 10.9. The third-order valence-corrected chi connectivity index (χ3v) is 3.44. The molecular formula is C16H12Cl2N4O2. The molecule has 6 nitrogen and oxygen atoms in total. The van der Waals surface area contributed by atoms with Gasteiger partial charge in [-0.25, -0.2) is 10.9 Å². The maximum absolute atomic E-state index is 11.6. The standard InChI is InChI=1S/C16H12Cl2N4O2/c17-13-7-3-1-5-11(13)9-19-21-15(23)16(24)22-20-10-12-6-2-4-8-14(12)18/h1-10H,(H,21,23)(H,22,24)/b19-9+,20-10+. The van der Waals surface area contributed by atoms with Crippen LogP contribution in [0.3, 0.4) is 0 Å². The third-order valence-electron chi connectivity index (χ3n) is 2.76. The molecule has 0 fully saturated rings. The lowest BCUT2D eigenvalue weighted by atomic mass is 10.2. The lowest BCUT2D eigenvalue weighted by Gasteiger charge is -1.99. The molecule has 122 valence electrons. The van der Waals surface area contributed by atoms with Gasteiger partial charge in [0.05, 0.1) is 12.4 Å². The van der Waals surface area contributed by atoms with E-state index in [-0.39, 0.29) is 0 Å². The van der Waals surface area contributed by atoms with E-state index in [1.807, 2.05) is 0 Å². The van der Waals surface area contributed by atoms with E-state index >= 15 is 0 Å². The largest absolute Gasteiger partial charge is 0.331 e. The molecule has 0 aliphatic rings. The number of hydrogen-bond donors (Lipinski definition) is 2. The molecule has 0 aliphatic heterocycles. The highest BCUT2D eigenvalue weighted by Gasteiger charge is 2.11. The SMILES string of the molecule is O=C(N/N=C/c1ccccc1Cl)C(=O)N/N=C/c1ccccc1Cl. The highest BCUT2D eigenvalue weighted by atomic mass is 35.5. The molecule has 0 heterocycles. The highest BCUT2D eigenvalue weighted by molar-refractivity contribution is 6.35. The Morgan fingerprint density at radius 3 is 1.50 bits per heavy atom. The zero-order chi connectivity index (χ0) is 17.4. The van der Waals surface area contributed by atoms with Gasteiger partial charge in [0, 0.05) is 21.2 Å². The first-order chi connectivity index (χ1) is 11.6. The monoisotopic (exact) mass is 362 g/mol. The number of hydrogen-bond acceptors (Lipinski definition) is 4. The summed E-state index contributed by atoms with van der Waals surface area (Å²) in [6.45, 7) is 0. The Morgan fingerprint density at radius 1 is 0.750 bits per heavy atom. The Morgan fingerprint density at radius 2 is 1.12 bits per heavy atom. The molecule has 2 amide bonds. The maximum atomic E-state index is 11.6. The molecule has 0 saturated heterocycles. The number of amides is 2. The first-order valence-electron chi connectivity index (χ1n) is 6.73. The highest BCUT2D eigenvalue weighted by Crippen LogP contribution is 2.12. The summed E-state index contributed by atoms with van der Waals surface area (Å²) in [5, 5.41) is 8.27. The van der Waals surface area contributed by atoms with E-state index in [2.05, 4.69) is 21.1 Å². The number of hydrazone groups is 2. The van der Waals surface area contributed by atoms with E-state index in [9.17, 15) is 9.59 Å². The molecule has 0 bridgehead atoms. The van der Waals surface area contributed by atoms with Gasteiger partial charge in [-0.3, -0.25) is 9.59 Å². The quantitative estimate of drug-likeness (QED) is 0.497. The van der Waals surface area contributed by atoms with Gasteiger partial charge in [-0.1, -0.05) is 59.6 Å². The molecule has 0 aromatic heterocycles. The number of halogens is 2. The summed E-state index contributed by atoms with van der Waals surface area (Å²) in [5.74, 6) is -1.93. The molecule has 0 aliphatic carbocycles. The van der Waals surface area contributed by atoms with Crippen LogP contribution in [0.4, 0.5) is 0 Å². The van der Waals surface area contributed by atoms with Crippen molar-refractivity contribution >= 4 is 47.4 Å². The van der Waals surface area contributed by atoms with Crippen LogP contribution < -0.4 is 10.9 Å². The van der Waals surface area contributed by atoms with Crippen LogP contribution in [-0.2, 0) is 9.59 Å². The van der Waals surface area contributed by atoms with Gasteiger partial charge in [-0.15, -0.1) is 0 Å². The number of rotatable bonds is 4. The van der Waals surface area contributed by atoms with Crippen LogP contribution in [0, 0.1) is 0 Å². The Bertz CT molecular complexity index is 739. The van der Waals surface area contributed by atoms with Crippen LogP contribution in [-0.4, -0.2) is 24.2 Å². The fraction of sp³-hybridized carbons (Fsp3) is 0. The second-order valence-electron chi connectivity index (χ2n) is 4.44. The number of nitrogens with zero attached hydrogens (tertiary/aromatic N) is 2. The first kappa shape index (κ1) is 17.7. The molecule has 0 unspecified atom stereocenters. The minimum Gasteiger partial charge on any atom is -0.262 e. The minimum atomic E-state index is -0.963. The van der Waals surface area contributed by atoms with Crippen molar-refractivity contribution in [1.82, 2.24) is 10.9 Å². The van der Waals surface area contributed by atoms with Crippen molar-refractivity contribution in [2.24, 2.45) is 10.2 Å². The third kappa shape index (κ3) is 5.19. The number of carbonyl (C=O) groups is 2. The summed E-state index contributed by atoms with van der Waals surface area (Å²) in [7, 11) is 0. The summed E-state index contributed by atoms with van der Waals surface area (Å²) in [6.07, 6.45) is 2.67. The van der Waals surface area contributed by atoms with E-state index in [0.29, 0.717) is 21.2 Å². The Balaban J connectivity index is 1.85. The fourth-order valence-electron chi connectivity index (χ4n) is 1.58. The molecule has 8 heteroatoms. The molecule has 2 aromatic rings. The van der Waals surface area contributed by atoms with Gasteiger partial charge in [0.1, 0.15) is 0 Å². The molecule has 2 aromatic carbocycles. The summed E-state index contributed by atoms with van der Waals surface area (Å²) in [4.78, 5) is 23.1. The summed E-state index contributed by atoms with van der Waals surface area (Å²) in [5.41, 5.74) is 5.37. The van der Waals surface area contributed by atoms with E-state index < -0.39 is 11.8 Å². The number of nitrogens with one attached hydrogen (secondary N) is 2. The second kappa shape index (κ2) is 8.81. The first-order valence-corrected chi connectivity index (χ1v) is 7.49. The van der Waals surface area contributed by atoms with E-state index in [0.717, 1.165) is 0 Å². The fourth-order valence-corrected chi connectivity index (χ4v) is 1.95. The molecular weight excluding hydrogens is 351 g/mol. The van der Waals surface area contributed by atoms with Crippen LogP contribution in [0.1, 0.15) is 11.1 Å². The van der Waals surface area contributed by atoms with Gasteiger partial charge in [0.2, 0.25) is 0 Å². The summed E-state index contributed by atoms with van der Waals surface area (Å²) in [6, 6.07) is 13.9. The average Bonchev–Trinajstić information content (AvgIpc) is 2.58. The van der Waals surface area contributed by atoms with Gasteiger partial charge < -0.3 is 0 Å². The van der Waals surface area contributed by atoms with Crippen molar-refractivity contribution in [1.29, 1.82) is 0 Å². The topological polar surface area (TPSA) is 82.9 Å². The van der Waals surface area contributed by atoms with Gasteiger partial charge in [-0.2, -0.15) is 10.2 Å². The van der Waals surface area contributed by atoms with Crippen molar-refractivity contribution in [2.45, 2.75) is 0 Å². The molecule has 0 atom stereocenters. The van der Waals surface area contributed by atoms with Crippen molar-refractivity contribution in [3.63, 3.8) is 0 Å². The molecule has 24 heavy (non-hydrogen) atoms. The van der Waals surface area contributed by atoms with Crippen LogP contribution >= 0.6 is 23.2 Å². The zero-order valence-electron chi connectivity index (χ0n) is 12.2. The van der Waals surface area contributed by atoms with Crippen molar-refractivity contribution in [3.8, 4) is 0 Å². The number of carbonyl (C=O) groups excluding carboxylic acids is 2. The Labute approximate surface area is 148 Å². The predicted molar refractivity (Wildman–Crippen MR) is 94.4 cm³/mol. The van der Waals surface area contributed by atoms with Gasteiger partial charge >= 0.3 is 11.8 Å². The van der Waals surface area contributed by atoms with Gasteiger partial charge in [0.25, 0.3) is 0 Å². The molecule has 2 N–H and O–H groups in total. The number of benzene rings is 2. The minimum absolute atomic E-state index is 0.476. The Kier molecular flexibility index (Phi) is 6.48. The van der Waals surface area contributed by atoms with Crippen molar-refractivity contribution in [3.05, 3.63) is 69.7 Å². The zero-order valence-corrected chi connectivity index (χ0v) is 13.8. The van der Waals surface area contributed by atoms with Crippen molar-refractivity contribution < 1.29 is 9.59 Å². The van der Waals surface area contributed by atoms with Crippen LogP contribution in [0.15, 0.2) is 58.7 Å². The average molecular weight is 363 g/mol. The van der Waals surface area contributed by atoms with Gasteiger partial charge in [0.15, 0.2) is 0 Å². The molecule has 0 spiro atoms. The molecule has 0 saturated carbocycles. The lowest BCUT2D eigenvalue weighted by Crippen LogP contribution is -2.35. The van der Waals surface area contributed by atoms with E-state index in [4.69, 9.17) is 23.2 Å². The lowest BCUT2D eigenvalue weighted by molar-refractivity contribution is -0.139. The van der Waals surface area contributed by atoms with Gasteiger partial charge in [-0.05, 0) is 12.1 Å². The summed E-state index contributed by atoms with van der Waals surface area (Å²) < 4.78 is 0. The van der Waals surface area contributed by atoms with Crippen molar-refractivity contribution in [2.75, 3.05) is 0 Å². The molecule has 0 radical (unpaired) electrons. The maximum Gasteiger partial charge on any atom is 0.331 e. The van der Waals surface area contributed by atoms with E-state index in [1.54, 1.807) is 48.5 Å². The van der Waals surface area contributed by atoms with Crippen LogP contribution in [0.25, 0.3) is 0 Å². The van der Waals surface area contributed by atoms with E-state index in [1.165, 1.54) is 12.4 Å². The predicted octanol–water partition coefficient (Wildman–Crippen LogP) is 2.59. The summed E-state index contributed by atoms with van der Waals surface area (Å²) >= 11 is 11.9. The van der Waals surface area contributed by atoms with Crippen LogP contribution in [0.5, 0.6) is 0 Å². The molecule has 2 rings (SSSR count). The smallest absolute Gasteiger partial charge is 0.262 e.